The Morgan fingerprint density at radius 3 is 2.85 bits per heavy atom. The van der Waals surface area contributed by atoms with Gasteiger partial charge in [0.15, 0.2) is 0 Å². The molecule has 0 radical (unpaired) electrons. The third-order valence-corrected chi connectivity index (χ3v) is 4.42. The molecule has 1 unspecified atom stereocenters. The number of rotatable bonds is 3. The molecule has 106 valence electrons. The zero-order valence-corrected chi connectivity index (χ0v) is 13.2. The summed E-state index contributed by atoms with van der Waals surface area (Å²) in [5, 5.41) is 6.01. The molecule has 1 saturated heterocycles. The number of nitrogens with zero attached hydrogens (tertiary/aromatic N) is 1. The number of fused-ring (bicyclic) bond motifs is 1. The van der Waals surface area contributed by atoms with Crippen molar-refractivity contribution in [1.82, 2.24) is 4.90 Å². The molecular weight excluding hydrogens is 316 g/mol. The van der Waals surface area contributed by atoms with Crippen LogP contribution < -0.4 is 5.32 Å². The fourth-order valence-corrected chi connectivity index (χ4v) is 3.11. The van der Waals surface area contributed by atoms with E-state index in [4.69, 9.17) is 4.74 Å². The van der Waals surface area contributed by atoms with Gasteiger partial charge in [-0.15, -0.1) is 0 Å². The number of hydrogen-bond acceptors (Lipinski definition) is 3. The highest BCUT2D eigenvalue weighted by Gasteiger charge is 2.17. The Morgan fingerprint density at radius 2 is 2.05 bits per heavy atom. The third kappa shape index (κ3) is 2.97. The number of morpholine rings is 1. The highest BCUT2D eigenvalue weighted by atomic mass is 79.9. The predicted octanol–water partition coefficient (Wildman–Crippen LogP) is 3.34. The lowest BCUT2D eigenvalue weighted by Crippen LogP contribution is -2.43. The number of hydrogen-bond donors (Lipinski definition) is 1. The molecule has 1 atom stereocenters. The molecule has 0 bridgehead atoms. The van der Waals surface area contributed by atoms with Crippen molar-refractivity contribution >= 4 is 32.4 Å². The molecule has 0 amide bonds. The molecule has 3 nitrogen and oxygen atoms in total. The fourth-order valence-electron chi connectivity index (χ4n) is 2.63. The van der Waals surface area contributed by atoms with Crippen LogP contribution in [0.3, 0.4) is 0 Å². The Bertz CT molecular complexity index is 602. The lowest BCUT2D eigenvalue weighted by atomic mass is 10.1. The third-order valence-electron chi connectivity index (χ3n) is 3.73. The molecule has 0 saturated carbocycles. The molecule has 0 aromatic heterocycles. The van der Waals surface area contributed by atoms with E-state index in [9.17, 15) is 0 Å². The average molecular weight is 335 g/mol. The minimum atomic E-state index is 0.260. The maximum absolute atomic E-state index is 5.79. The second-order valence-electron chi connectivity index (χ2n) is 5.28. The van der Waals surface area contributed by atoms with Gasteiger partial charge in [0.2, 0.25) is 0 Å². The Hall–Kier alpha value is -1.10. The monoisotopic (exact) mass is 334 g/mol. The first-order chi connectivity index (χ1) is 9.74. The van der Waals surface area contributed by atoms with E-state index >= 15 is 0 Å². The number of nitrogens with one attached hydrogen (secondary N) is 1. The van der Waals surface area contributed by atoms with Gasteiger partial charge in [0, 0.05) is 35.2 Å². The predicted molar refractivity (Wildman–Crippen MR) is 87.4 cm³/mol. The van der Waals surface area contributed by atoms with Gasteiger partial charge in [-0.05, 0) is 24.6 Å². The van der Waals surface area contributed by atoms with Crippen molar-refractivity contribution in [3.63, 3.8) is 0 Å². The van der Waals surface area contributed by atoms with E-state index < -0.39 is 0 Å². The summed E-state index contributed by atoms with van der Waals surface area (Å²) in [5.41, 5.74) is 1.17. The Kier molecular flexibility index (Phi) is 4.24. The summed E-state index contributed by atoms with van der Waals surface area (Å²) in [6.07, 6.45) is 0.260. The fraction of sp³-hybridized carbons (Fsp3) is 0.375. The van der Waals surface area contributed by atoms with Crippen LogP contribution in [-0.2, 0) is 4.74 Å². The zero-order chi connectivity index (χ0) is 13.9. The molecular formula is C16H19BrN2O. The van der Waals surface area contributed by atoms with Crippen LogP contribution >= 0.6 is 15.9 Å². The van der Waals surface area contributed by atoms with E-state index in [-0.39, 0.29) is 6.10 Å². The van der Waals surface area contributed by atoms with Crippen molar-refractivity contribution in [2.45, 2.75) is 6.10 Å². The van der Waals surface area contributed by atoms with E-state index in [1.165, 1.54) is 16.5 Å². The summed E-state index contributed by atoms with van der Waals surface area (Å²) in [4.78, 5) is 2.32. The summed E-state index contributed by atoms with van der Waals surface area (Å²) >= 11 is 3.61. The molecule has 4 heteroatoms. The Balaban J connectivity index is 1.76. The van der Waals surface area contributed by atoms with Crippen LogP contribution in [0.25, 0.3) is 10.8 Å². The molecule has 1 aliphatic rings. The first-order valence-corrected chi connectivity index (χ1v) is 7.74. The summed E-state index contributed by atoms with van der Waals surface area (Å²) < 4.78 is 6.92. The van der Waals surface area contributed by atoms with E-state index in [0.717, 1.165) is 30.7 Å². The highest BCUT2D eigenvalue weighted by molar-refractivity contribution is 9.10. The normalized spacial score (nSPS) is 20.2. The van der Waals surface area contributed by atoms with Gasteiger partial charge in [-0.3, -0.25) is 0 Å². The number of likely N-dealkylation sites (N-methyl/N-ethyl adjacent to an activating group) is 1. The van der Waals surface area contributed by atoms with Crippen molar-refractivity contribution in [2.75, 3.05) is 38.6 Å². The van der Waals surface area contributed by atoms with Crippen molar-refractivity contribution in [3.05, 3.63) is 40.9 Å². The van der Waals surface area contributed by atoms with Crippen LogP contribution in [0.15, 0.2) is 40.9 Å². The van der Waals surface area contributed by atoms with Gasteiger partial charge in [0.1, 0.15) is 0 Å². The molecule has 1 fully saturated rings. The Labute approximate surface area is 128 Å². The summed E-state index contributed by atoms with van der Waals surface area (Å²) in [5.74, 6) is 0. The van der Waals surface area contributed by atoms with Crippen LogP contribution in [0.2, 0.25) is 0 Å². The van der Waals surface area contributed by atoms with E-state index in [2.05, 4.69) is 69.6 Å². The standard InChI is InChI=1S/C16H19BrN2O/c1-19-8-9-20-12(11-19)10-18-16-7-6-15(17)13-4-2-3-5-14(13)16/h2-7,12,18H,8-11H2,1H3. The van der Waals surface area contributed by atoms with Crippen molar-refractivity contribution in [3.8, 4) is 0 Å². The first kappa shape index (κ1) is 13.9. The van der Waals surface area contributed by atoms with Gasteiger partial charge in [0.05, 0.1) is 12.7 Å². The molecule has 0 spiro atoms. The molecule has 1 N–H and O–H groups in total. The minimum absolute atomic E-state index is 0.260. The lowest BCUT2D eigenvalue weighted by molar-refractivity contribution is -0.0117. The quantitative estimate of drug-likeness (QED) is 0.931. The summed E-state index contributed by atoms with van der Waals surface area (Å²) in [6.45, 7) is 3.68. The van der Waals surface area contributed by atoms with Gasteiger partial charge < -0.3 is 15.0 Å². The van der Waals surface area contributed by atoms with Gasteiger partial charge in [0.25, 0.3) is 0 Å². The zero-order valence-electron chi connectivity index (χ0n) is 11.6. The molecule has 1 aliphatic heterocycles. The van der Waals surface area contributed by atoms with Crippen molar-refractivity contribution in [2.24, 2.45) is 0 Å². The van der Waals surface area contributed by atoms with Crippen LogP contribution in [0, 0.1) is 0 Å². The van der Waals surface area contributed by atoms with Crippen LogP contribution in [-0.4, -0.2) is 44.3 Å². The minimum Gasteiger partial charge on any atom is -0.382 e. The van der Waals surface area contributed by atoms with Crippen molar-refractivity contribution in [1.29, 1.82) is 0 Å². The average Bonchev–Trinajstić information content (AvgIpc) is 2.47. The van der Waals surface area contributed by atoms with Crippen LogP contribution in [0.5, 0.6) is 0 Å². The smallest absolute Gasteiger partial charge is 0.0874 e. The molecule has 3 rings (SSSR count). The van der Waals surface area contributed by atoms with E-state index in [1.807, 2.05) is 0 Å². The summed E-state index contributed by atoms with van der Waals surface area (Å²) in [6, 6.07) is 12.6. The lowest BCUT2D eigenvalue weighted by Gasteiger charge is -2.30. The number of ether oxygens (including phenoxy) is 1. The number of anilines is 1. The topological polar surface area (TPSA) is 24.5 Å². The second kappa shape index (κ2) is 6.12. The van der Waals surface area contributed by atoms with Crippen LogP contribution in [0.1, 0.15) is 0 Å². The van der Waals surface area contributed by atoms with E-state index in [1.54, 1.807) is 0 Å². The molecule has 2 aromatic rings. The second-order valence-corrected chi connectivity index (χ2v) is 6.13. The van der Waals surface area contributed by atoms with Gasteiger partial charge in [-0.2, -0.15) is 0 Å². The molecule has 1 heterocycles. The maximum atomic E-state index is 5.79. The summed E-state index contributed by atoms with van der Waals surface area (Å²) in [7, 11) is 2.14. The maximum Gasteiger partial charge on any atom is 0.0874 e. The largest absolute Gasteiger partial charge is 0.382 e. The SMILES string of the molecule is CN1CCOC(CNc2ccc(Br)c3ccccc23)C1. The van der Waals surface area contributed by atoms with E-state index in [0.29, 0.717) is 0 Å². The number of benzene rings is 2. The number of halogens is 1. The van der Waals surface area contributed by atoms with Gasteiger partial charge in [-0.1, -0.05) is 40.2 Å². The van der Waals surface area contributed by atoms with Gasteiger partial charge in [-0.25, -0.2) is 0 Å². The molecule has 2 aromatic carbocycles. The molecule has 20 heavy (non-hydrogen) atoms. The van der Waals surface area contributed by atoms with Crippen molar-refractivity contribution < 1.29 is 4.74 Å². The Morgan fingerprint density at radius 1 is 1.25 bits per heavy atom. The molecule has 0 aliphatic carbocycles. The first-order valence-electron chi connectivity index (χ1n) is 6.95. The highest BCUT2D eigenvalue weighted by Crippen LogP contribution is 2.29. The van der Waals surface area contributed by atoms with Crippen LogP contribution in [0.4, 0.5) is 5.69 Å². The van der Waals surface area contributed by atoms with Gasteiger partial charge >= 0.3 is 0 Å².